The van der Waals surface area contributed by atoms with E-state index in [1.807, 2.05) is 7.05 Å². The zero-order valence-electron chi connectivity index (χ0n) is 12.1. The minimum atomic E-state index is 0.616. The van der Waals surface area contributed by atoms with E-state index in [1.165, 1.54) is 36.8 Å². The summed E-state index contributed by atoms with van der Waals surface area (Å²) >= 11 is 0. The Kier molecular flexibility index (Phi) is 6.99. The predicted molar refractivity (Wildman–Crippen MR) is 79.6 cm³/mol. The van der Waals surface area contributed by atoms with Crippen LogP contribution in [0.5, 0.6) is 0 Å². The van der Waals surface area contributed by atoms with E-state index in [-0.39, 0.29) is 0 Å². The highest BCUT2D eigenvalue weighted by atomic mass is 14.8. The molecule has 0 radical (unpaired) electrons. The van der Waals surface area contributed by atoms with Gasteiger partial charge >= 0.3 is 0 Å². The van der Waals surface area contributed by atoms with Crippen LogP contribution in [0.3, 0.4) is 0 Å². The largest absolute Gasteiger partial charge is 0.326 e. The van der Waals surface area contributed by atoms with Gasteiger partial charge in [-0.25, -0.2) is 0 Å². The van der Waals surface area contributed by atoms with Crippen LogP contribution in [0, 0.1) is 5.92 Å². The number of nitrogens with one attached hydrogen (secondary N) is 1. The molecular weight excluding hydrogens is 220 g/mol. The zero-order chi connectivity index (χ0) is 13.4. The number of benzene rings is 1. The van der Waals surface area contributed by atoms with Gasteiger partial charge in [-0.2, -0.15) is 0 Å². The SMILES string of the molecule is CCC(CCc1cccc(CN)c1)CC(C)NC. The number of rotatable bonds is 8. The van der Waals surface area contributed by atoms with Gasteiger partial charge in [-0.05, 0) is 50.3 Å². The smallest absolute Gasteiger partial charge is 0.0178 e. The lowest BCUT2D eigenvalue weighted by atomic mass is 9.91. The molecule has 102 valence electrons. The fourth-order valence-corrected chi connectivity index (χ4v) is 2.39. The summed E-state index contributed by atoms with van der Waals surface area (Å²) in [6.07, 6.45) is 4.98. The minimum Gasteiger partial charge on any atom is -0.326 e. The highest BCUT2D eigenvalue weighted by Crippen LogP contribution is 2.19. The van der Waals surface area contributed by atoms with Crippen LogP contribution in [0.2, 0.25) is 0 Å². The highest BCUT2D eigenvalue weighted by molar-refractivity contribution is 5.23. The van der Waals surface area contributed by atoms with E-state index in [0.717, 1.165) is 5.92 Å². The van der Waals surface area contributed by atoms with Gasteiger partial charge in [0.05, 0.1) is 0 Å². The van der Waals surface area contributed by atoms with E-state index >= 15 is 0 Å². The molecule has 0 aliphatic rings. The average molecular weight is 248 g/mol. The molecule has 3 N–H and O–H groups in total. The highest BCUT2D eigenvalue weighted by Gasteiger charge is 2.10. The average Bonchev–Trinajstić information content (AvgIpc) is 2.43. The van der Waals surface area contributed by atoms with E-state index in [2.05, 4.69) is 43.4 Å². The first-order chi connectivity index (χ1) is 8.69. The van der Waals surface area contributed by atoms with Gasteiger partial charge in [-0.15, -0.1) is 0 Å². The Bertz CT molecular complexity index is 336. The molecule has 1 aromatic carbocycles. The summed E-state index contributed by atoms with van der Waals surface area (Å²) in [5.41, 5.74) is 8.34. The van der Waals surface area contributed by atoms with Gasteiger partial charge in [-0.3, -0.25) is 0 Å². The molecule has 0 spiro atoms. The second-order valence-corrected chi connectivity index (χ2v) is 5.26. The van der Waals surface area contributed by atoms with Gasteiger partial charge in [0.1, 0.15) is 0 Å². The third-order valence-corrected chi connectivity index (χ3v) is 3.83. The molecule has 1 aromatic rings. The van der Waals surface area contributed by atoms with Gasteiger partial charge in [0.2, 0.25) is 0 Å². The molecule has 2 nitrogen and oxygen atoms in total. The monoisotopic (exact) mass is 248 g/mol. The summed E-state index contributed by atoms with van der Waals surface area (Å²) in [7, 11) is 2.04. The van der Waals surface area contributed by atoms with E-state index in [4.69, 9.17) is 5.73 Å². The quantitative estimate of drug-likeness (QED) is 0.742. The molecule has 2 atom stereocenters. The summed E-state index contributed by atoms with van der Waals surface area (Å²) in [5.74, 6) is 0.814. The van der Waals surface area contributed by atoms with Crippen molar-refractivity contribution >= 4 is 0 Å². The summed E-state index contributed by atoms with van der Waals surface area (Å²) in [6, 6.07) is 9.30. The maximum Gasteiger partial charge on any atom is 0.0178 e. The van der Waals surface area contributed by atoms with Crippen molar-refractivity contribution in [3.63, 3.8) is 0 Å². The number of nitrogens with two attached hydrogens (primary N) is 1. The second-order valence-electron chi connectivity index (χ2n) is 5.26. The van der Waals surface area contributed by atoms with Crippen LogP contribution >= 0.6 is 0 Å². The Labute approximate surface area is 112 Å². The minimum absolute atomic E-state index is 0.616. The Morgan fingerprint density at radius 1 is 1.28 bits per heavy atom. The number of aryl methyl sites for hydroxylation is 1. The molecule has 0 aliphatic heterocycles. The van der Waals surface area contributed by atoms with Crippen LogP contribution in [-0.2, 0) is 13.0 Å². The van der Waals surface area contributed by atoms with Crippen LogP contribution in [0.15, 0.2) is 24.3 Å². The van der Waals surface area contributed by atoms with Gasteiger partial charge in [0.25, 0.3) is 0 Å². The normalized spacial score (nSPS) is 14.4. The van der Waals surface area contributed by atoms with Crippen molar-refractivity contribution in [2.75, 3.05) is 7.05 Å². The molecule has 0 aromatic heterocycles. The Hall–Kier alpha value is -0.860. The molecule has 2 heteroatoms. The lowest BCUT2D eigenvalue weighted by Gasteiger charge is -2.19. The first kappa shape index (κ1) is 15.2. The third-order valence-electron chi connectivity index (χ3n) is 3.83. The first-order valence-corrected chi connectivity index (χ1v) is 7.14. The lowest BCUT2D eigenvalue weighted by Crippen LogP contribution is -2.24. The number of hydrogen-bond donors (Lipinski definition) is 2. The summed E-state index contributed by atoms with van der Waals surface area (Å²) in [5, 5.41) is 3.33. The molecule has 0 bridgehead atoms. The van der Waals surface area contributed by atoms with Gasteiger partial charge in [-0.1, -0.05) is 37.6 Å². The molecule has 2 unspecified atom stereocenters. The van der Waals surface area contributed by atoms with Gasteiger partial charge in [0.15, 0.2) is 0 Å². The molecule has 0 heterocycles. The molecule has 0 saturated carbocycles. The maximum atomic E-state index is 5.68. The summed E-state index contributed by atoms with van der Waals surface area (Å²) in [6.45, 7) is 5.20. The van der Waals surface area contributed by atoms with Crippen LogP contribution < -0.4 is 11.1 Å². The molecule has 0 fully saturated rings. The summed E-state index contributed by atoms with van der Waals surface area (Å²) in [4.78, 5) is 0. The fourth-order valence-electron chi connectivity index (χ4n) is 2.39. The molecule has 0 aliphatic carbocycles. The van der Waals surface area contributed by atoms with Gasteiger partial charge in [0, 0.05) is 12.6 Å². The zero-order valence-corrected chi connectivity index (χ0v) is 12.1. The van der Waals surface area contributed by atoms with Crippen molar-refractivity contribution in [2.24, 2.45) is 11.7 Å². The second kappa shape index (κ2) is 8.28. The Balaban J connectivity index is 2.46. The Morgan fingerprint density at radius 3 is 2.61 bits per heavy atom. The van der Waals surface area contributed by atoms with E-state index in [9.17, 15) is 0 Å². The summed E-state index contributed by atoms with van der Waals surface area (Å²) < 4.78 is 0. The van der Waals surface area contributed by atoms with E-state index in [1.54, 1.807) is 0 Å². The number of hydrogen-bond acceptors (Lipinski definition) is 2. The van der Waals surface area contributed by atoms with Crippen molar-refractivity contribution in [3.8, 4) is 0 Å². The van der Waals surface area contributed by atoms with Crippen molar-refractivity contribution < 1.29 is 0 Å². The van der Waals surface area contributed by atoms with Crippen molar-refractivity contribution in [3.05, 3.63) is 35.4 Å². The van der Waals surface area contributed by atoms with Crippen LogP contribution in [0.4, 0.5) is 0 Å². The van der Waals surface area contributed by atoms with Crippen molar-refractivity contribution in [1.29, 1.82) is 0 Å². The molecule has 18 heavy (non-hydrogen) atoms. The topological polar surface area (TPSA) is 38.0 Å². The standard InChI is InChI=1S/C16H28N2/c1-4-14(10-13(2)18-3)8-9-15-6-5-7-16(11-15)12-17/h5-7,11,13-14,18H,4,8-10,12,17H2,1-3H3. The van der Waals surface area contributed by atoms with Crippen molar-refractivity contribution in [2.45, 2.75) is 52.1 Å². The van der Waals surface area contributed by atoms with Crippen LogP contribution in [0.1, 0.15) is 44.2 Å². The first-order valence-electron chi connectivity index (χ1n) is 7.14. The lowest BCUT2D eigenvalue weighted by molar-refractivity contribution is 0.382. The van der Waals surface area contributed by atoms with E-state index < -0.39 is 0 Å². The molecule has 0 saturated heterocycles. The Morgan fingerprint density at radius 2 is 2.00 bits per heavy atom. The van der Waals surface area contributed by atoms with Gasteiger partial charge < -0.3 is 11.1 Å². The molecule has 0 amide bonds. The molecular formula is C16H28N2. The third kappa shape index (κ3) is 5.19. The fraction of sp³-hybridized carbons (Fsp3) is 0.625. The van der Waals surface area contributed by atoms with E-state index in [0.29, 0.717) is 12.6 Å². The van der Waals surface area contributed by atoms with Crippen LogP contribution in [-0.4, -0.2) is 13.1 Å². The predicted octanol–water partition coefficient (Wildman–Crippen LogP) is 3.10. The maximum absolute atomic E-state index is 5.68. The van der Waals surface area contributed by atoms with Crippen LogP contribution in [0.25, 0.3) is 0 Å². The van der Waals surface area contributed by atoms with Crippen molar-refractivity contribution in [1.82, 2.24) is 5.32 Å². The molecule has 1 rings (SSSR count).